The third-order valence-electron chi connectivity index (χ3n) is 5.42. The van der Waals surface area contributed by atoms with Crippen LogP contribution < -0.4 is 10.5 Å². The Kier molecular flexibility index (Phi) is 5.84. The summed E-state index contributed by atoms with van der Waals surface area (Å²) in [5, 5.41) is 14.2. The molecule has 1 aromatic heterocycles. The lowest BCUT2D eigenvalue weighted by Crippen LogP contribution is -2.40. The highest BCUT2D eigenvalue weighted by molar-refractivity contribution is 6.30. The van der Waals surface area contributed by atoms with Gasteiger partial charge in [0.1, 0.15) is 17.5 Å². The van der Waals surface area contributed by atoms with Crippen molar-refractivity contribution in [3.05, 3.63) is 69.9 Å². The molecule has 1 aliphatic rings. The van der Waals surface area contributed by atoms with Gasteiger partial charge in [0.2, 0.25) is 5.91 Å². The van der Waals surface area contributed by atoms with E-state index >= 15 is 0 Å². The number of fused-ring (bicyclic) bond motifs is 1. The van der Waals surface area contributed by atoms with Gasteiger partial charge in [-0.05, 0) is 29.8 Å². The largest absolute Gasteiger partial charge is 0.495 e. The van der Waals surface area contributed by atoms with Gasteiger partial charge in [-0.2, -0.15) is 10.4 Å². The summed E-state index contributed by atoms with van der Waals surface area (Å²) in [6, 6.07) is 14.2. The van der Waals surface area contributed by atoms with Gasteiger partial charge in [0.05, 0.1) is 43.4 Å². The number of ether oxygens (including phenoxy) is 1. The first-order chi connectivity index (χ1) is 15.4. The van der Waals surface area contributed by atoms with E-state index in [0.29, 0.717) is 51.9 Å². The van der Waals surface area contributed by atoms with Crippen molar-refractivity contribution in [2.24, 2.45) is 5.73 Å². The Morgan fingerprint density at radius 3 is 2.75 bits per heavy atom. The van der Waals surface area contributed by atoms with Crippen molar-refractivity contribution >= 4 is 23.4 Å². The molecule has 1 aliphatic heterocycles. The summed E-state index contributed by atoms with van der Waals surface area (Å²) in [6.07, 6.45) is 0.142. The van der Waals surface area contributed by atoms with Crippen LogP contribution in [0.4, 0.5) is 0 Å². The van der Waals surface area contributed by atoms with E-state index in [2.05, 4.69) is 11.2 Å². The monoisotopic (exact) mass is 449 g/mol. The zero-order valence-electron chi connectivity index (χ0n) is 17.3. The van der Waals surface area contributed by atoms with Crippen molar-refractivity contribution < 1.29 is 14.3 Å². The first kappa shape index (κ1) is 21.4. The van der Waals surface area contributed by atoms with Crippen molar-refractivity contribution in [2.45, 2.75) is 19.5 Å². The van der Waals surface area contributed by atoms with E-state index in [9.17, 15) is 9.59 Å². The third-order valence-corrected chi connectivity index (χ3v) is 5.65. The lowest BCUT2D eigenvalue weighted by Gasteiger charge is -2.28. The second kappa shape index (κ2) is 8.73. The molecule has 0 fully saturated rings. The Morgan fingerprint density at radius 1 is 1.25 bits per heavy atom. The van der Waals surface area contributed by atoms with Crippen LogP contribution in [0.2, 0.25) is 5.02 Å². The van der Waals surface area contributed by atoms with E-state index in [-0.39, 0.29) is 18.9 Å². The number of methoxy groups -OCH3 is 1. The van der Waals surface area contributed by atoms with Gasteiger partial charge in [0.25, 0.3) is 5.91 Å². The van der Waals surface area contributed by atoms with E-state index in [1.807, 2.05) is 6.07 Å². The van der Waals surface area contributed by atoms with Gasteiger partial charge in [0, 0.05) is 17.1 Å². The summed E-state index contributed by atoms with van der Waals surface area (Å²) in [5.74, 6) is -0.284. The first-order valence-electron chi connectivity index (χ1n) is 9.91. The Labute approximate surface area is 189 Å². The maximum Gasteiger partial charge on any atom is 0.252 e. The summed E-state index contributed by atoms with van der Waals surface area (Å²) in [4.78, 5) is 27.0. The molecule has 9 heteroatoms. The van der Waals surface area contributed by atoms with Crippen LogP contribution in [0, 0.1) is 11.3 Å². The summed E-state index contributed by atoms with van der Waals surface area (Å²) in [5.41, 5.74) is 8.88. The smallest absolute Gasteiger partial charge is 0.252 e. The van der Waals surface area contributed by atoms with E-state index in [1.165, 1.54) is 7.11 Å². The van der Waals surface area contributed by atoms with Crippen LogP contribution >= 0.6 is 11.6 Å². The van der Waals surface area contributed by atoms with Gasteiger partial charge in [-0.1, -0.05) is 29.8 Å². The Hall–Kier alpha value is -3.83. The van der Waals surface area contributed by atoms with Gasteiger partial charge in [-0.25, -0.2) is 0 Å². The van der Waals surface area contributed by atoms with Gasteiger partial charge in [0.15, 0.2) is 0 Å². The molecule has 0 unspecified atom stereocenters. The summed E-state index contributed by atoms with van der Waals surface area (Å²) < 4.78 is 6.95. The molecule has 32 heavy (non-hydrogen) atoms. The van der Waals surface area contributed by atoms with Crippen molar-refractivity contribution in [3.8, 4) is 23.1 Å². The van der Waals surface area contributed by atoms with E-state index in [4.69, 9.17) is 27.3 Å². The number of nitriles is 1. The zero-order valence-corrected chi connectivity index (χ0v) is 18.1. The number of aromatic nitrogens is 2. The van der Waals surface area contributed by atoms with E-state index in [0.717, 1.165) is 5.56 Å². The number of hydrogen-bond donors (Lipinski definition) is 1. The molecule has 4 rings (SSSR count). The highest BCUT2D eigenvalue weighted by Gasteiger charge is 2.29. The van der Waals surface area contributed by atoms with Crippen molar-refractivity contribution in [2.75, 3.05) is 13.7 Å². The number of amides is 2. The minimum atomic E-state index is -0.604. The maximum absolute atomic E-state index is 13.0. The summed E-state index contributed by atoms with van der Waals surface area (Å²) >= 11 is 6.11. The van der Waals surface area contributed by atoms with Crippen LogP contribution in [0.25, 0.3) is 11.3 Å². The Balaban J connectivity index is 1.60. The normalized spacial score (nSPS) is 12.7. The molecule has 0 spiro atoms. The molecule has 0 bridgehead atoms. The highest BCUT2D eigenvalue weighted by Crippen LogP contribution is 2.30. The fraction of sp³-hybridized carbons (Fsp3) is 0.217. The molecule has 2 heterocycles. The molecule has 8 nitrogen and oxygen atoms in total. The fourth-order valence-corrected chi connectivity index (χ4v) is 4.04. The van der Waals surface area contributed by atoms with E-state index < -0.39 is 5.91 Å². The molecule has 3 aromatic rings. The third kappa shape index (κ3) is 4.03. The topological polar surface area (TPSA) is 114 Å². The number of carbonyl (C=O) groups excluding carboxylic acids is 2. The fourth-order valence-electron chi connectivity index (χ4n) is 3.85. The number of benzene rings is 2. The molecule has 2 N–H and O–H groups in total. The van der Waals surface area contributed by atoms with Crippen LogP contribution in [0.15, 0.2) is 42.5 Å². The molecular formula is C23H20ClN5O3. The molecular weight excluding hydrogens is 430 g/mol. The number of hydrogen-bond acceptors (Lipinski definition) is 5. The predicted octanol–water partition coefficient (Wildman–Crippen LogP) is 2.77. The van der Waals surface area contributed by atoms with Crippen LogP contribution in [0.3, 0.4) is 0 Å². The van der Waals surface area contributed by atoms with Crippen molar-refractivity contribution in [3.63, 3.8) is 0 Å². The number of carbonyl (C=O) groups is 2. The van der Waals surface area contributed by atoms with Gasteiger partial charge in [-0.15, -0.1) is 0 Å². The standard InChI is InChI=1S/C23H20ClN5O3/c1-32-19-9-14(5-6-16(19)12-25)10-20(30)28-7-8-29-18(13-28)21(23(26)31)22(27-29)15-3-2-4-17(24)11-15/h2-6,9,11H,7-8,10,13H2,1H3,(H2,26,31). The van der Waals surface area contributed by atoms with Crippen LogP contribution in [-0.2, 0) is 24.3 Å². The summed E-state index contributed by atoms with van der Waals surface area (Å²) in [7, 11) is 1.48. The van der Waals surface area contributed by atoms with E-state index in [1.54, 1.807) is 46.0 Å². The average Bonchev–Trinajstić information content (AvgIpc) is 3.18. The van der Waals surface area contributed by atoms with Crippen molar-refractivity contribution in [1.29, 1.82) is 5.26 Å². The second-order valence-electron chi connectivity index (χ2n) is 7.41. The molecule has 0 atom stereocenters. The molecule has 0 radical (unpaired) electrons. The molecule has 0 saturated carbocycles. The minimum absolute atomic E-state index is 0.107. The number of nitrogens with two attached hydrogens (primary N) is 1. The quantitative estimate of drug-likeness (QED) is 0.643. The average molecular weight is 450 g/mol. The van der Waals surface area contributed by atoms with Gasteiger partial charge >= 0.3 is 0 Å². The number of nitrogens with zero attached hydrogens (tertiary/aromatic N) is 4. The SMILES string of the molecule is COc1cc(CC(=O)N2CCn3nc(-c4cccc(Cl)c4)c(C(N)=O)c3C2)ccc1C#N. The van der Waals surface area contributed by atoms with Crippen LogP contribution in [0.1, 0.15) is 27.2 Å². The first-order valence-corrected chi connectivity index (χ1v) is 10.3. The number of primary amides is 1. The van der Waals surface area contributed by atoms with Gasteiger partial charge < -0.3 is 15.4 Å². The molecule has 2 amide bonds. The predicted molar refractivity (Wildman–Crippen MR) is 118 cm³/mol. The molecule has 0 saturated heterocycles. The molecule has 2 aromatic carbocycles. The summed E-state index contributed by atoms with van der Waals surface area (Å²) in [6.45, 7) is 1.12. The minimum Gasteiger partial charge on any atom is -0.495 e. The molecule has 162 valence electrons. The van der Waals surface area contributed by atoms with Crippen LogP contribution in [-0.4, -0.2) is 40.1 Å². The molecule has 0 aliphatic carbocycles. The Morgan fingerprint density at radius 2 is 2.06 bits per heavy atom. The lowest BCUT2D eigenvalue weighted by molar-refractivity contribution is -0.132. The van der Waals surface area contributed by atoms with Gasteiger partial charge in [-0.3, -0.25) is 14.3 Å². The number of halogens is 1. The zero-order chi connectivity index (χ0) is 22.8. The Bertz CT molecular complexity index is 1260. The lowest BCUT2D eigenvalue weighted by atomic mass is 10.0. The number of rotatable bonds is 5. The van der Waals surface area contributed by atoms with Crippen molar-refractivity contribution in [1.82, 2.24) is 14.7 Å². The second-order valence-corrected chi connectivity index (χ2v) is 7.84. The van der Waals surface area contributed by atoms with Crippen LogP contribution in [0.5, 0.6) is 5.75 Å². The highest BCUT2D eigenvalue weighted by atomic mass is 35.5. The maximum atomic E-state index is 13.0.